The first-order valence-electron chi connectivity index (χ1n) is 20.1. The fourth-order valence-corrected chi connectivity index (χ4v) is 9.92. The van der Waals surface area contributed by atoms with Gasteiger partial charge in [0.05, 0.1) is 18.3 Å². The zero-order valence-electron chi connectivity index (χ0n) is 33.4. The first-order valence-corrected chi connectivity index (χ1v) is 20.5. The number of aliphatic hydroxyl groups is 1. The zero-order chi connectivity index (χ0) is 42.0. The number of carbonyl (C=O) groups excluding carboxylic acids is 3. The normalized spacial score (nSPS) is 21.8. The van der Waals surface area contributed by atoms with Crippen LogP contribution in [0.3, 0.4) is 0 Å². The molecule has 4 aliphatic rings. The molecule has 11 heteroatoms. The number of pyridine rings is 1. The number of nitrogens with one attached hydrogen (secondary N) is 1. The van der Waals surface area contributed by atoms with Crippen LogP contribution in [0.5, 0.6) is 5.75 Å². The van der Waals surface area contributed by atoms with Gasteiger partial charge in [0.15, 0.2) is 11.4 Å². The van der Waals surface area contributed by atoms with Crippen molar-refractivity contribution in [3.8, 4) is 5.75 Å². The Morgan fingerprint density at radius 3 is 2.28 bits per heavy atom. The Balaban J connectivity index is 1.16. The summed E-state index contributed by atoms with van der Waals surface area (Å²) in [6.45, 7) is 2.79. The number of esters is 1. The lowest BCUT2D eigenvalue weighted by atomic mass is 9.74. The monoisotopic (exact) mass is 822 g/mol. The van der Waals surface area contributed by atoms with Gasteiger partial charge in [-0.3, -0.25) is 9.59 Å². The predicted molar refractivity (Wildman–Crippen MR) is 228 cm³/mol. The second-order valence-corrected chi connectivity index (χ2v) is 16.6. The summed E-state index contributed by atoms with van der Waals surface area (Å²) in [4.78, 5) is 45.2. The van der Waals surface area contributed by atoms with Gasteiger partial charge in [-0.1, -0.05) is 91.4 Å². The number of cyclic esters (lactones) is 1. The van der Waals surface area contributed by atoms with E-state index in [0.29, 0.717) is 58.3 Å². The largest absolute Gasteiger partial charge is 0.497 e. The van der Waals surface area contributed by atoms with Crippen LogP contribution in [0, 0.1) is 12.7 Å². The predicted octanol–water partition coefficient (Wildman–Crippen LogP) is 7.68. The number of ether oxygens (including phenoxy) is 3. The van der Waals surface area contributed by atoms with Crippen molar-refractivity contribution in [2.45, 2.75) is 62.0 Å². The van der Waals surface area contributed by atoms with Crippen molar-refractivity contribution in [3.05, 3.63) is 170 Å². The number of ketones is 1. The van der Waals surface area contributed by atoms with E-state index in [4.69, 9.17) is 31.8 Å². The average molecular weight is 823 g/mol. The molecule has 1 amide bonds. The highest BCUT2D eigenvalue weighted by Crippen LogP contribution is 2.50. The molecule has 1 aliphatic heterocycles. The Morgan fingerprint density at radius 1 is 0.967 bits per heavy atom. The van der Waals surface area contributed by atoms with Crippen LogP contribution in [-0.4, -0.2) is 53.7 Å². The summed E-state index contributed by atoms with van der Waals surface area (Å²) in [7, 11) is 1.61. The summed E-state index contributed by atoms with van der Waals surface area (Å²) in [6.07, 6.45) is 4.55. The lowest BCUT2D eigenvalue weighted by molar-refractivity contribution is -0.163. The number of benzene rings is 4. The third-order valence-electron chi connectivity index (χ3n) is 12.5. The molecule has 9 rings (SSSR count). The van der Waals surface area contributed by atoms with Gasteiger partial charge in [-0.05, 0) is 84.2 Å². The Morgan fingerprint density at radius 2 is 1.63 bits per heavy atom. The molecular weight excluding hydrogens is 780 g/mol. The summed E-state index contributed by atoms with van der Waals surface area (Å²) in [5.74, 6) is -1.24. The smallest absolute Gasteiger partial charge is 0.343 e. The Kier molecular flexibility index (Phi) is 9.89. The molecule has 1 aromatic heterocycles. The molecule has 0 radical (unpaired) electrons. The molecule has 0 saturated carbocycles. The van der Waals surface area contributed by atoms with Crippen LogP contribution in [0.1, 0.15) is 70.8 Å². The maximum Gasteiger partial charge on any atom is 0.343 e. The molecule has 304 valence electrons. The lowest BCUT2D eigenvalue weighted by Crippen LogP contribution is -2.47. The van der Waals surface area contributed by atoms with E-state index in [2.05, 4.69) is 5.32 Å². The van der Waals surface area contributed by atoms with Crippen LogP contribution in [0.25, 0.3) is 16.5 Å². The van der Waals surface area contributed by atoms with Gasteiger partial charge in [0.1, 0.15) is 35.3 Å². The summed E-state index contributed by atoms with van der Waals surface area (Å²) in [5.41, 5.74) is 4.49. The number of hydrogen-bond acceptors (Lipinski definition) is 9. The molecule has 2 N–H and O–H groups in total. The fraction of sp³-hybridized carbons (Fsp3) is 0.265. The SMILES string of the molecule is CC[C@@]1(O)C(=O)OCC2=C1/C=C1\C=C(CC2=O)Cc2c1nc1cc(F)c(C)c3c1c2[C@](S)(NC(=O)COC(c1ccccc1)(c1ccccc1)c1ccc(OC)cc1)CC3. The highest BCUT2D eigenvalue weighted by atomic mass is 32.1. The lowest BCUT2D eigenvalue weighted by Gasteiger charge is -2.40. The topological polar surface area (TPSA) is 124 Å². The minimum absolute atomic E-state index is 0.0163. The van der Waals surface area contributed by atoms with Crippen molar-refractivity contribution in [1.29, 1.82) is 0 Å². The van der Waals surface area contributed by atoms with Gasteiger partial charge in [0.25, 0.3) is 0 Å². The van der Waals surface area contributed by atoms with Gasteiger partial charge in [0.2, 0.25) is 5.91 Å². The Labute approximate surface area is 352 Å². The van der Waals surface area contributed by atoms with Crippen molar-refractivity contribution in [1.82, 2.24) is 10.3 Å². The Bertz CT molecular complexity index is 2670. The molecule has 5 aromatic rings. The van der Waals surface area contributed by atoms with Crippen LogP contribution in [0.4, 0.5) is 4.39 Å². The molecule has 0 saturated heterocycles. The number of rotatable bonds is 9. The molecule has 2 atom stereocenters. The molecular formula is C49H43FN2O7S. The maximum absolute atomic E-state index is 15.7. The van der Waals surface area contributed by atoms with Gasteiger partial charge in [-0.2, -0.15) is 0 Å². The first kappa shape index (κ1) is 39.6. The van der Waals surface area contributed by atoms with Crippen molar-refractivity contribution >= 4 is 46.8 Å². The van der Waals surface area contributed by atoms with Crippen LogP contribution in [0.2, 0.25) is 0 Å². The number of Topliss-reactive ketones (excluding diaryl/α,β-unsaturated/α-hetero) is 1. The van der Waals surface area contributed by atoms with E-state index in [1.165, 1.54) is 6.07 Å². The van der Waals surface area contributed by atoms with Crippen LogP contribution >= 0.6 is 12.6 Å². The number of amides is 1. The van der Waals surface area contributed by atoms with Gasteiger partial charge in [0, 0.05) is 40.2 Å². The molecule has 4 aromatic carbocycles. The second-order valence-electron chi connectivity index (χ2n) is 15.9. The number of allylic oxidation sites excluding steroid dienone is 3. The zero-order valence-corrected chi connectivity index (χ0v) is 34.3. The highest BCUT2D eigenvalue weighted by Gasteiger charge is 2.47. The molecule has 9 nitrogen and oxygen atoms in total. The standard InChI is InChI=1S/C49H43FN2O7S/c1-4-47(56)38-24-30-21-29(23-41(53)37(38)26-58-46(47)55)22-36-44-43-35(28(2)39(50)25-40(43)51-45(30)36)19-20-48(44,60)52-42(54)27-59-49(31-11-7-5-8-12-31,32-13-9-6-10-14-32)33-15-17-34(57-3)18-16-33/h5-18,21,24-25,56,60H,4,19-20,22-23,26-27H2,1-3H3,(H,52,54)/b30-24+/t47-,48-/m0/s1. The molecule has 0 spiro atoms. The van der Waals surface area contributed by atoms with E-state index >= 15 is 4.39 Å². The van der Waals surface area contributed by atoms with Crippen LogP contribution < -0.4 is 10.1 Å². The van der Waals surface area contributed by atoms with Crippen LogP contribution in [-0.2, 0) is 47.2 Å². The van der Waals surface area contributed by atoms with Gasteiger partial charge >= 0.3 is 5.97 Å². The van der Waals surface area contributed by atoms with Gasteiger partial charge in [-0.25, -0.2) is 14.2 Å². The molecule has 60 heavy (non-hydrogen) atoms. The summed E-state index contributed by atoms with van der Waals surface area (Å²) >= 11 is 5.32. The van der Waals surface area contributed by atoms with Gasteiger partial charge < -0.3 is 24.6 Å². The fourth-order valence-electron chi connectivity index (χ4n) is 9.43. The highest BCUT2D eigenvalue weighted by molar-refractivity contribution is 7.81. The number of methoxy groups -OCH3 is 1. The minimum atomic E-state index is -2.04. The van der Waals surface area contributed by atoms with Crippen molar-refractivity contribution in [2.75, 3.05) is 20.3 Å². The summed E-state index contributed by atoms with van der Waals surface area (Å²) < 4.78 is 33.4. The number of hydrogen-bond donors (Lipinski definition) is 3. The second kappa shape index (κ2) is 15.0. The third kappa shape index (κ3) is 6.29. The molecule has 2 bridgehead atoms. The van der Waals surface area contributed by atoms with Crippen molar-refractivity contribution < 1.29 is 38.1 Å². The number of aromatic nitrogens is 1. The van der Waals surface area contributed by atoms with E-state index in [1.54, 1.807) is 27.0 Å². The first-order chi connectivity index (χ1) is 28.9. The van der Waals surface area contributed by atoms with Crippen molar-refractivity contribution in [3.63, 3.8) is 0 Å². The number of thiol groups is 1. The quantitative estimate of drug-likeness (QED) is 0.0599. The number of carbonyl (C=O) groups is 3. The van der Waals surface area contributed by atoms with E-state index in [9.17, 15) is 19.5 Å². The average Bonchev–Trinajstić information content (AvgIpc) is 3.25. The van der Waals surface area contributed by atoms with E-state index in [1.807, 2.05) is 91.0 Å². The van der Waals surface area contributed by atoms with E-state index < -0.39 is 33.8 Å². The summed E-state index contributed by atoms with van der Waals surface area (Å²) in [6, 6.07) is 28.5. The van der Waals surface area contributed by atoms with E-state index in [0.717, 1.165) is 33.4 Å². The molecule has 0 fully saturated rings. The van der Waals surface area contributed by atoms with Gasteiger partial charge in [-0.15, -0.1) is 12.6 Å². The molecule has 3 aliphatic carbocycles. The number of aryl methyl sites for hydroxylation is 1. The van der Waals surface area contributed by atoms with Crippen molar-refractivity contribution in [2.24, 2.45) is 0 Å². The minimum Gasteiger partial charge on any atom is -0.497 e. The number of halogens is 1. The Hall–Kier alpha value is -5.88. The number of fused-ring (bicyclic) bond motifs is 4. The molecule has 0 unspecified atom stereocenters. The van der Waals surface area contributed by atoms with Crippen LogP contribution in [0.15, 0.2) is 120 Å². The maximum atomic E-state index is 15.7. The molecule has 2 heterocycles. The number of nitrogens with zero attached hydrogens (tertiary/aromatic N) is 1. The summed E-state index contributed by atoms with van der Waals surface area (Å²) in [5, 5.41) is 15.6. The third-order valence-corrected chi connectivity index (χ3v) is 13.1. The van der Waals surface area contributed by atoms with E-state index in [-0.39, 0.29) is 43.0 Å².